The van der Waals surface area contributed by atoms with Crippen LogP contribution >= 0.6 is 0 Å². The van der Waals surface area contributed by atoms with Gasteiger partial charge in [-0.1, -0.05) is 12.1 Å². The predicted molar refractivity (Wildman–Crippen MR) is 111 cm³/mol. The zero-order chi connectivity index (χ0) is 21.8. The van der Waals surface area contributed by atoms with Crippen LogP contribution in [0.4, 0.5) is 4.39 Å². The number of hydrogen-bond donors (Lipinski definition) is 2. The molecule has 0 saturated carbocycles. The van der Waals surface area contributed by atoms with Crippen molar-refractivity contribution < 1.29 is 22.3 Å². The molecule has 1 aromatic carbocycles. The number of benzene rings is 1. The SMILES string of the molecule is O=C(c1cc(S(=O)(=O)NCc2ccc(Oc3cccc(F)c3)nc2)c[nH]1)N1CCCC1. The van der Waals surface area contributed by atoms with Crippen molar-refractivity contribution >= 4 is 15.9 Å². The Labute approximate surface area is 179 Å². The Hall–Kier alpha value is -3.24. The Morgan fingerprint density at radius 1 is 1.19 bits per heavy atom. The van der Waals surface area contributed by atoms with E-state index in [2.05, 4.69) is 14.7 Å². The number of aromatic amines is 1. The van der Waals surface area contributed by atoms with E-state index in [1.807, 2.05) is 0 Å². The van der Waals surface area contributed by atoms with Gasteiger partial charge in [0.1, 0.15) is 22.2 Å². The fourth-order valence-corrected chi connectivity index (χ4v) is 4.24. The normalized spacial score (nSPS) is 14.0. The maximum Gasteiger partial charge on any atom is 0.270 e. The Morgan fingerprint density at radius 2 is 2.00 bits per heavy atom. The number of halogens is 1. The summed E-state index contributed by atoms with van der Waals surface area (Å²) in [5, 5.41) is 0. The van der Waals surface area contributed by atoms with E-state index in [1.165, 1.54) is 36.7 Å². The number of ether oxygens (including phenoxy) is 1. The number of amides is 1. The maximum atomic E-state index is 13.2. The number of likely N-dealkylation sites (tertiary alicyclic amines) is 1. The molecular weight excluding hydrogens is 423 g/mol. The zero-order valence-corrected chi connectivity index (χ0v) is 17.4. The highest BCUT2D eigenvalue weighted by Gasteiger charge is 2.23. The molecule has 3 heterocycles. The van der Waals surface area contributed by atoms with Gasteiger partial charge in [-0.15, -0.1) is 0 Å². The van der Waals surface area contributed by atoms with E-state index in [-0.39, 0.29) is 28.9 Å². The molecule has 3 aromatic rings. The Morgan fingerprint density at radius 3 is 2.71 bits per heavy atom. The van der Waals surface area contributed by atoms with Gasteiger partial charge in [-0.05, 0) is 36.6 Å². The number of aromatic nitrogens is 2. The number of nitrogens with one attached hydrogen (secondary N) is 2. The van der Waals surface area contributed by atoms with Crippen molar-refractivity contribution in [1.82, 2.24) is 19.6 Å². The van der Waals surface area contributed by atoms with Gasteiger partial charge in [-0.3, -0.25) is 4.79 Å². The Balaban J connectivity index is 1.36. The molecule has 31 heavy (non-hydrogen) atoms. The zero-order valence-electron chi connectivity index (χ0n) is 16.5. The van der Waals surface area contributed by atoms with Gasteiger partial charge in [0.05, 0.1) is 0 Å². The van der Waals surface area contributed by atoms with Crippen molar-refractivity contribution in [2.24, 2.45) is 0 Å². The van der Waals surface area contributed by atoms with Gasteiger partial charge >= 0.3 is 0 Å². The van der Waals surface area contributed by atoms with Crippen LogP contribution in [0, 0.1) is 5.82 Å². The standard InChI is InChI=1S/C21H21FN4O4S/c22-16-4-3-5-17(10-16)30-20-7-6-15(12-24-20)13-25-31(28,29)18-11-19(23-14-18)21(27)26-8-1-2-9-26/h3-7,10-12,14,23,25H,1-2,8-9,13H2. The van der Waals surface area contributed by atoms with E-state index in [4.69, 9.17) is 4.74 Å². The van der Waals surface area contributed by atoms with Crippen molar-refractivity contribution in [2.45, 2.75) is 24.3 Å². The number of carbonyl (C=O) groups is 1. The van der Waals surface area contributed by atoms with E-state index in [0.29, 0.717) is 24.4 Å². The van der Waals surface area contributed by atoms with Gasteiger partial charge in [0, 0.05) is 44.2 Å². The maximum absolute atomic E-state index is 13.2. The second kappa shape index (κ2) is 8.86. The van der Waals surface area contributed by atoms with Crippen LogP contribution in [-0.2, 0) is 16.6 Å². The Kier molecular flexibility index (Phi) is 6.01. The van der Waals surface area contributed by atoms with Crippen molar-refractivity contribution in [3.63, 3.8) is 0 Å². The van der Waals surface area contributed by atoms with Gasteiger partial charge in [0.15, 0.2) is 0 Å². The first-order valence-corrected chi connectivity index (χ1v) is 11.2. The molecule has 0 aliphatic carbocycles. The topological polar surface area (TPSA) is 104 Å². The number of carbonyl (C=O) groups excluding carboxylic acids is 1. The lowest BCUT2D eigenvalue weighted by atomic mass is 10.3. The molecule has 0 bridgehead atoms. The van der Waals surface area contributed by atoms with Crippen LogP contribution in [-0.4, -0.2) is 42.3 Å². The summed E-state index contributed by atoms with van der Waals surface area (Å²) >= 11 is 0. The summed E-state index contributed by atoms with van der Waals surface area (Å²) < 4.78 is 46.3. The molecule has 10 heteroatoms. The molecule has 1 saturated heterocycles. The molecule has 1 aliphatic rings. The molecule has 0 unspecified atom stereocenters. The molecule has 162 valence electrons. The summed E-state index contributed by atoms with van der Waals surface area (Å²) in [5.41, 5.74) is 0.863. The third kappa shape index (κ3) is 5.09. The largest absolute Gasteiger partial charge is 0.439 e. The number of hydrogen-bond acceptors (Lipinski definition) is 5. The second-order valence-electron chi connectivity index (χ2n) is 7.14. The summed E-state index contributed by atoms with van der Waals surface area (Å²) in [4.78, 5) is 21.0. The molecule has 1 aliphatic heterocycles. The van der Waals surface area contributed by atoms with Crippen LogP contribution in [0.1, 0.15) is 28.9 Å². The molecule has 1 fully saturated rings. The van der Waals surface area contributed by atoms with Crippen molar-refractivity contribution in [3.05, 3.63) is 71.9 Å². The average molecular weight is 444 g/mol. The minimum Gasteiger partial charge on any atom is -0.439 e. The number of pyridine rings is 1. The molecule has 1 amide bonds. The minimum atomic E-state index is -3.81. The highest BCUT2D eigenvalue weighted by atomic mass is 32.2. The van der Waals surface area contributed by atoms with Gasteiger partial charge < -0.3 is 14.6 Å². The van der Waals surface area contributed by atoms with Gasteiger partial charge in [-0.2, -0.15) is 0 Å². The summed E-state index contributed by atoms with van der Waals surface area (Å²) in [6, 6.07) is 10.2. The smallest absolute Gasteiger partial charge is 0.270 e. The number of nitrogens with zero attached hydrogens (tertiary/aromatic N) is 2. The second-order valence-corrected chi connectivity index (χ2v) is 8.90. The average Bonchev–Trinajstić information content (AvgIpc) is 3.46. The number of sulfonamides is 1. The van der Waals surface area contributed by atoms with E-state index < -0.39 is 15.8 Å². The number of rotatable bonds is 7. The molecule has 2 aromatic heterocycles. The molecule has 0 radical (unpaired) electrons. The first-order chi connectivity index (χ1) is 14.9. The van der Waals surface area contributed by atoms with Crippen LogP contribution in [0.3, 0.4) is 0 Å². The third-order valence-corrected chi connectivity index (χ3v) is 6.25. The van der Waals surface area contributed by atoms with E-state index in [1.54, 1.807) is 23.1 Å². The lowest BCUT2D eigenvalue weighted by molar-refractivity contribution is 0.0787. The van der Waals surface area contributed by atoms with Crippen molar-refractivity contribution in [1.29, 1.82) is 0 Å². The van der Waals surface area contributed by atoms with Gasteiger partial charge in [-0.25, -0.2) is 22.5 Å². The highest BCUT2D eigenvalue weighted by Crippen LogP contribution is 2.20. The van der Waals surface area contributed by atoms with E-state index in [9.17, 15) is 17.6 Å². The molecule has 0 atom stereocenters. The summed E-state index contributed by atoms with van der Waals surface area (Å²) in [6.07, 6.45) is 4.69. The molecule has 0 spiro atoms. The van der Waals surface area contributed by atoms with E-state index in [0.717, 1.165) is 12.8 Å². The predicted octanol–water partition coefficient (Wildman–Crippen LogP) is 3.06. The third-order valence-electron chi connectivity index (χ3n) is 4.87. The van der Waals surface area contributed by atoms with Crippen LogP contribution in [0.25, 0.3) is 0 Å². The number of H-pyrrole nitrogens is 1. The monoisotopic (exact) mass is 444 g/mol. The molecule has 8 nitrogen and oxygen atoms in total. The van der Waals surface area contributed by atoms with Gasteiger partial charge in [0.2, 0.25) is 15.9 Å². The lowest BCUT2D eigenvalue weighted by Crippen LogP contribution is -2.27. The molecule has 2 N–H and O–H groups in total. The fourth-order valence-electron chi connectivity index (χ4n) is 3.23. The first kappa shape index (κ1) is 21.0. The highest BCUT2D eigenvalue weighted by molar-refractivity contribution is 7.89. The van der Waals surface area contributed by atoms with Gasteiger partial charge in [0.25, 0.3) is 5.91 Å². The van der Waals surface area contributed by atoms with Crippen molar-refractivity contribution in [3.8, 4) is 11.6 Å². The summed E-state index contributed by atoms with van der Waals surface area (Å²) in [6.45, 7) is 1.38. The van der Waals surface area contributed by atoms with Crippen LogP contribution in [0.15, 0.2) is 59.8 Å². The summed E-state index contributed by atoms with van der Waals surface area (Å²) in [7, 11) is -3.81. The van der Waals surface area contributed by atoms with Crippen molar-refractivity contribution in [2.75, 3.05) is 13.1 Å². The minimum absolute atomic E-state index is 0.00550. The Bertz CT molecular complexity index is 1170. The molecule has 4 rings (SSSR count). The quantitative estimate of drug-likeness (QED) is 0.583. The van der Waals surface area contributed by atoms with Crippen LogP contribution < -0.4 is 9.46 Å². The lowest BCUT2D eigenvalue weighted by Gasteiger charge is -2.13. The van der Waals surface area contributed by atoms with E-state index >= 15 is 0 Å². The van der Waals surface area contributed by atoms with Crippen LogP contribution in [0.5, 0.6) is 11.6 Å². The first-order valence-electron chi connectivity index (χ1n) is 9.76. The summed E-state index contributed by atoms with van der Waals surface area (Å²) in [5.74, 6) is -0.0452. The fraction of sp³-hybridized carbons (Fsp3) is 0.238. The van der Waals surface area contributed by atoms with Crippen LogP contribution in [0.2, 0.25) is 0 Å². The molecular formula is C21H21FN4O4S.